The average Bonchev–Trinajstić information content (AvgIpc) is 2.71. The van der Waals surface area contributed by atoms with Crippen molar-refractivity contribution in [3.63, 3.8) is 0 Å². The first-order valence-corrected chi connectivity index (χ1v) is 11.8. The molecule has 168 valence electrons. The van der Waals surface area contributed by atoms with Crippen molar-refractivity contribution >= 4 is 21.8 Å². The highest BCUT2D eigenvalue weighted by Gasteiger charge is 2.31. The second kappa shape index (κ2) is 10.9. The quantitative estimate of drug-likeness (QED) is 0.592. The Morgan fingerprint density at radius 3 is 2.70 bits per heavy atom. The Morgan fingerprint density at radius 2 is 2.03 bits per heavy atom. The van der Waals surface area contributed by atoms with E-state index in [-0.39, 0.29) is 34.9 Å². The number of nitrogens with one attached hydrogen (secondary N) is 1. The van der Waals surface area contributed by atoms with Gasteiger partial charge in [0, 0.05) is 45.5 Å². The fourth-order valence-electron chi connectivity index (χ4n) is 3.55. The number of aryl methyl sites for hydroxylation is 1. The highest BCUT2D eigenvalue weighted by Crippen LogP contribution is 2.26. The third-order valence-electron chi connectivity index (χ3n) is 5.36. The number of methoxy groups -OCH3 is 1. The molecule has 1 aromatic rings. The number of rotatable bonds is 9. The highest BCUT2D eigenvalue weighted by atomic mass is 32.2. The van der Waals surface area contributed by atoms with Crippen LogP contribution in [0.3, 0.4) is 0 Å². The third-order valence-corrected chi connectivity index (χ3v) is 7.37. The van der Waals surface area contributed by atoms with Crippen LogP contribution in [0, 0.1) is 6.92 Å². The Kier molecular flexibility index (Phi) is 8.81. The Bertz CT molecular complexity index is 856. The number of benzene rings is 1. The first-order valence-electron chi connectivity index (χ1n) is 10.3. The molecule has 1 aliphatic rings. The lowest BCUT2D eigenvalue weighted by atomic mass is 10.1. The summed E-state index contributed by atoms with van der Waals surface area (Å²) >= 11 is 0. The molecule has 2 rings (SSSR count). The van der Waals surface area contributed by atoms with E-state index in [2.05, 4.69) is 5.32 Å². The fraction of sp³-hybridized carbons (Fsp3) is 0.619. The zero-order valence-electron chi connectivity index (χ0n) is 18.3. The van der Waals surface area contributed by atoms with Gasteiger partial charge in [0.2, 0.25) is 15.9 Å². The van der Waals surface area contributed by atoms with Crippen LogP contribution in [0.2, 0.25) is 0 Å². The molecule has 0 spiro atoms. The predicted octanol–water partition coefficient (Wildman–Crippen LogP) is 1.78. The van der Waals surface area contributed by atoms with Crippen LogP contribution in [0.4, 0.5) is 0 Å². The van der Waals surface area contributed by atoms with Gasteiger partial charge in [0.05, 0.1) is 11.4 Å². The Hall–Kier alpha value is -1.97. The van der Waals surface area contributed by atoms with Crippen LogP contribution in [0.1, 0.15) is 48.5 Å². The molecule has 0 aromatic heterocycles. The zero-order chi connectivity index (χ0) is 22.3. The third kappa shape index (κ3) is 6.02. The minimum absolute atomic E-state index is 0.0614. The summed E-state index contributed by atoms with van der Waals surface area (Å²) < 4.78 is 32.7. The molecule has 0 radical (unpaired) electrons. The van der Waals surface area contributed by atoms with Crippen molar-refractivity contribution < 1.29 is 22.7 Å². The van der Waals surface area contributed by atoms with E-state index in [0.717, 1.165) is 19.3 Å². The van der Waals surface area contributed by atoms with E-state index < -0.39 is 10.0 Å². The standard InChI is InChI=1S/C21H33N3O5S/c1-16-9-10-18(30(27,28)24-12-6-5-8-17(24)2)14-19(16)21(26)23(3)15-20(25)22-11-7-13-29-4/h9-10,14,17H,5-8,11-13,15H2,1-4H3,(H,22,25). The maximum absolute atomic E-state index is 13.1. The monoisotopic (exact) mass is 439 g/mol. The molecule has 0 bridgehead atoms. The van der Waals surface area contributed by atoms with Crippen molar-refractivity contribution in [2.24, 2.45) is 0 Å². The number of likely N-dealkylation sites (N-methyl/N-ethyl adjacent to an activating group) is 1. The number of ether oxygens (including phenoxy) is 1. The molecule has 9 heteroatoms. The molecule has 0 saturated carbocycles. The molecule has 0 aliphatic carbocycles. The van der Waals surface area contributed by atoms with Gasteiger partial charge in [0.25, 0.3) is 5.91 Å². The summed E-state index contributed by atoms with van der Waals surface area (Å²) in [5, 5.41) is 2.74. The van der Waals surface area contributed by atoms with E-state index >= 15 is 0 Å². The van der Waals surface area contributed by atoms with Crippen LogP contribution >= 0.6 is 0 Å². The van der Waals surface area contributed by atoms with Crippen molar-refractivity contribution in [1.29, 1.82) is 0 Å². The highest BCUT2D eigenvalue weighted by molar-refractivity contribution is 7.89. The number of hydrogen-bond acceptors (Lipinski definition) is 5. The van der Waals surface area contributed by atoms with Crippen LogP contribution in [0.5, 0.6) is 0 Å². The van der Waals surface area contributed by atoms with Crippen LogP contribution in [0.15, 0.2) is 23.1 Å². The maximum Gasteiger partial charge on any atom is 0.254 e. The van der Waals surface area contributed by atoms with Gasteiger partial charge in [0.1, 0.15) is 0 Å². The SMILES string of the molecule is COCCCNC(=O)CN(C)C(=O)c1cc(S(=O)(=O)N2CCCCC2C)ccc1C. The Balaban J connectivity index is 2.13. The zero-order valence-corrected chi connectivity index (χ0v) is 19.1. The molecule has 1 fully saturated rings. The second-order valence-electron chi connectivity index (χ2n) is 7.79. The van der Waals surface area contributed by atoms with Gasteiger partial charge in [-0.15, -0.1) is 0 Å². The Labute approximate surface area is 179 Å². The van der Waals surface area contributed by atoms with Crippen LogP contribution in [-0.4, -0.2) is 75.9 Å². The Morgan fingerprint density at radius 1 is 1.30 bits per heavy atom. The number of nitrogens with zero attached hydrogens (tertiary/aromatic N) is 2. The van der Waals surface area contributed by atoms with Gasteiger partial charge < -0.3 is 15.0 Å². The lowest BCUT2D eigenvalue weighted by molar-refractivity contribution is -0.121. The summed E-state index contributed by atoms with van der Waals surface area (Å²) in [5.74, 6) is -0.659. The van der Waals surface area contributed by atoms with Crippen LogP contribution in [0.25, 0.3) is 0 Å². The second-order valence-corrected chi connectivity index (χ2v) is 9.69. The van der Waals surface area contributed by atoms with Gasteiger partial charge in [-0.2, -0.15) is 4.31 Å². The van der Waals surface area contributed by atoms with Crippen LogP contribution in [-0.2, 0) is 19.6 Å². The largest absolute Gasteiger partial charge is 0.385 e. The van der Waals surface area contributed by atoms with Crippen molar-refractivity contribution in [3.05, 3.63) is 29.3 Å². The van der Waals surface area contributed by atoms with E-state index in [1.54, 1.807) is 26.2 Å². The molecule has 1 aromatic carbocycles. The first kappa shape index (κ1) is 24.3. The maximum atomic E-state index is 13.1. The molecular weight excluding hydrogens is 406 g/mol. The summed E-state index contributed by atoms with van der Waals surface area (Å²) in [4.78, 5) is 26.4. The molecule has 2 amide bonds. The van der Waals surface area contributed by atoms with Crippen molar-refractivity contribution in [1.82, 2.24) is 14.5 Å². The number of carbonyl (C=O) groups is 2. The molecule has 1 atom stereocenters. The van der Waals surface area contributed by atoms with Gasteiger partial charge in [0.15, 0.2) is 0 Å². The van der Waals surface area contributed by atoms with Gasteiger partial charge in [-0.3, -0.25) is 9.59 Å². The van der Waals surface area contributed by atoms with E-state index in [1.807, 2.05) is 6.92 Å². The number of piperidine rings is 1. The molecule has 1 N–H and O–H groups in total. The van der Waals surface area contributed by atoms with Crippen LogP contribution < -0.4 is 5.32 Å². The lowest BCUT2D eigenvalue weighted by Gasteiger charge is -2.32. The van der Waals surface area contributed by atoms with Crippen molar-refractivity contribution in [3.8, 4) is 0 Å². The molecule has 1 unspecified atom stereocenters. The minimum Gasteiger partial charge on any atom is -0.385 e. The minimum atomic E-state index is -3.68. The van der Waals surface area contributed by atoms with Gasteiger partial charge in [-0.05, 0) is 50.8 Å². The lowest BCUT2D eigenvalue weighted by Crippen LogP contribution is -2.42. The molecular formula is C21H33N3O5S. The fourth-order valence-corrected chi connectivity index (χ4v) is 5.28. The molecule has 1 heterocycles. The molecule has 8 nitrogen and oxygen atoms in total. The van der Waals surface area contributed by atoms with Gasteiger partial charge >= 0.3 is 0 Å². The number of amides is 2. The van der Waals surface area contributed by atoms with Gasteiger partial charge in [-0.25, -0.2) is 8.42 Å². The summed E-state index contributed by atoms with van der Waals surface area (Å²) in [6.45, 7) is 5.07. The van der Waals surface area contributed by atoms with E-state index in [0.29, 0.717) is 31.7 Å². The summed E-state index contributed by atoms with van der Waals surface area (Å²) in [7, 11) is -0.553. The number of sulfonamides is 1. The van der Waals surface area contributed by atoms with E-state index in [9.17, 15) is 18.0 Å². The smallest absolute Gasteiger partial charge is 0.254 e. The average molecular weight is 440 g/mol. The van der Waals surface area contributed by atoms with E-state index in [1.165, 1.54) is 22.3 Å². The summed E-state index contributed by atoms with van der Waals surface area (Å²) in [6.07, 6.45) is 3.37. The van der Waals surface area contributed by atoms with Crippen molar-refractivity contribution in [2.45, 2.75) is 50.5 Å². The summed E-state index contributed by atoms with van der Waals surface area (Å²) in [5.41, 5.74) is 0.952. The topological polar surface area (TPSA) is 96.0 Å². The molecule has 1 saturated heterocycles. The van der Waals surface area contributed by atoms with Gasteiger partial charge in [-0.1, -0.05) is 12.5 Å². The van der Waals surface area contributed by atoms with Crippen molar-refractivity contribution in [2.75, 3.05) is 40.4 Å². The molecule has 30 heavy (non-hydrogen) atoms. The number of hydrogen-bond donors (Lipinski definition) is 1. The molecule has 1 aliphatic heterocycles. The predicted molar refractivity (Wildman–Crippen MR) is 115 cm³/mol. The normalized spacial score (nSPS) is 17.5. The van der Waals surface area contributed by atoms with E-state index in [4.69, 9.17) is 4.74 Å². The number of carbonyl (C=O) groups excluding carboxylic acids is 2. The first-order chi connectivity index (χ1) is 14.2. The summed E-state index contributed by atoms with van der Waals surface area (Å²) in [6, 6.07) is 4.56.